The number of piperidine rings is 1. The van der Waals surface area contributed by atoms with Crippen LogP contribution in [0.2, 0.25) is 0 Å². The van der Waals surface area contributed by atoms with E-state index in [1.54, 1.807) is 7.11 Å². The second-order valence-corrected chi connectivity index (χ2v) is 13.5. The summed E-state index contributed by atoms with van der Waals surface area (Å²) in [5.41, 5.74) is 0.604. The number of rotatable bonds is 9. The molecule has 0 bridgehead atoms. The Morgan fingerprint density at radius 1 is 1.10 bits per heavy atom. The number of nitrogens with zero attached hydrogens (tertiary/aromatic N) is 2. The number of ether oxygens (including phenoxy) is 4. The maximum atomic E-state index is 13.5. The third-order valence-corrected chi connectivity index (χ3v) is 10.1. The van der Waals surface area contributed by atoms with Crippen molar-refractivity contribution in [1.29, 1.82) is 0 Å². The number of likely N-dealkylation sites (tertiary alicyclic amines) is 2. The molecule has 40 heavy (non-hydrogen) atoms. The minimum Gasteiger partial charge on any atom is -0.443 e. The predicted molar refractivity (Wildman–Crippen MR) is 152 cm³/mol. The Bertz CT molecular complexity index is 949. The van der Waals surface area contributed by atoms with E-state index in [1.807, 2.05) is 18.7 Å². The van der Waals surface area contributed by atoms with Crippen molar-refractivity contribution in [1.82, 2.24) is 15.1 Å². The molecule has 9 nitrogen and oxygen atoms in total. The van der Waals surface area contributed by atoms with Crippen LogP contribution in [0.3, 0.4) is 0 Å². The van der Waals surface area contributed by atoms with Gasteiger partial charge in [0.2, 0.25) is 5.91 Å². The number of alkyl carbamates (subject to hydrolysis) is 1. The Morgan fingerprint density at radius 2 is 1.77 bits per heavy atom. The van der Waals surface area contributed by atoms with Crippen molar-refractivity contribution >= 4 is 12.0 Å². The smallest absolute Gasteiger partial charge is 0.408 e. The highest BCUT2D eigenvalue weighted by atomic mass is 16.6. The van der Waals surface area contributed by atoms with Crippen molar-refractivity contribution in [2.24, 2.45) is 11.8 Å². The first-order chi connectivity index (χ1) is 19.1. The minimum absolute atomic E-state index is 0.0111. The standard InChI is InChI=1S/C31H51N3O6/c1-20(2)9-10-24-30(5,40-24)27-26(37-6)23(11-14-31(27)19-38-31)39-29(36)32-25(21(3)4)28(35)34-17-12-22(13-18-34)33-15-7-8-16-33/h9,21-27H,7-8,10-19H2,1-6H3,(H,32,36)/t23-,24-,25-,26-,27-,30+,31+/m1/s1. The van der Waals surface area contributed by atoms with E-state index in [0.29, 0.717) is 19.1 Å². The number of nitrogens with one attached hydrogen (secondary N) is 1. The van der Waals surface area contributed by atoms with E-state index in [9.17, 15) is 9.59 Å². The van der Waals surface area contributed by atoms with Crippen molar-refractivity contribution in [2.75, 3.05) is 39.9 Å². The van der Waals surface area contributed by atoms with Crippen LogP contribution in [0.15, 0.2) is 11.6 Å². The molecule has 9 heteroatoms. The van der Waals surface area contributed by atoms with Crippen molar-refractivity contribution in [3.8, 4) is 0 Å². The molecule has 1 saturated carbocycles. The summed E-state index contributed by atoms with van der Waals surface area (Å²) in [7, 11) is 1.68. The van der Waals surface area contributed by atoms with Crippen LogP contribution in [-0.2, 0) is 23.7 Å². The van der Waals surface area contributed by atoms with Crippen molar-refractivity contribution in [3.63, 3.8) is 0 Å². The van der Waals surface area contributed by atoms with Crippen LogP contribution in [0, 0.1) is 11.8 Å². The average Bonchev–Trinajstić information content (AvgIpc) is 3.76. The van der Waals surface area contributed by atoms with Crippen molar-refractivity contribution in [3.05, 3.63) is 11.6 Å². The lowest BCUT2D eigenvalue weighted by molar-refractivity contribution is -0.136. The van der Waals surface area contributed by atoms with Crippen LogP contribution in [-0.4, -0.2) is 103 Å². The molecule has 4 saturated heterocycles. The summed E-state index contributed by atoms with van der Waals surface area (Å²) in [6, 6.07) is -0.0445. The molecule has 4 aliphatic heterocycles. The van der Waals surface area contributed by atoms with E-state index in [4.69, 9.17) is 18.9 Å². The number of carbonyl (C=O) groups excluding carboxylic acids is 2. The van der Waals surface area contributed by atoms with Gasteiger partial charge < -0.3 is 34.1 Å². The zero-order chi connectivity index (χ0) is 28.7. The number of hydrogen-bond donors (Lipinski definition) is 1. The number of amides is 2. The van der Waals surface area contributed by atoms with Crippen LogP contribution in [0.1, 0.15) is 79.6 Å². The third kappa shape index (κ3) is 6.08. The quantitative estimate of drug-likeness (QED) is 0.337. The summed E-state index contributed by atoms with van der Waals surface area (Å²) >= 11 is 0. The monoisotopic (exact) mass is 561 g/mol. The molecule has 1 spiro atoms. The van der Waals surface area contributed by atoms with E-state index in [1.165, 1.54) is 31.5 Å². The highest BCUT2D eigenvalue weighted by Crippen LogP contribution is 2.59. The summed E-state index contributed by atoms with van der Waals surface area (Å²) < 4.78 is 24.4. The molecule has 0 aromatic heterocycles. The molecule has 2 amide bonds. The molecule has 1 N–H and O–H groups in total. The Labute approximate surface area is 240 Å². The largest absolute Gasteiger partial charge is 0.443 e. The van der Waals surface area contributed by atoms with Gasteiger partial charge in [0.15, 0.2) is 0 Å². The fourth-order valence-electron chi connectivity index (χ4n) is 7.64. The van der Waals surface area contributed by atoms with Gasteiger partial charge in [-0.3, -0.25) is 4.79 Å². The van der Waals surface area contributed by atoms with Crippen molar-refractivity contribution in [2.45, 2.75) is 121 Å². The van der Waals surface area contributed by atoms with Crippen LogP contribution in [0.5, 0.6) is 0 Å². The Hall–Kier alpha value is -1.68. The molecule has 226 valence electrons. The number of hydrogen-bond acceptors (Lipinski definition) is 7. The van der Waals surface area contributed by atoms with E-state index < -0.39 is 18.2 Å². The van der Waals surface area contributed by atoms with Gasteiger partial charge in [0, 0.05) is 26.2 Å². The zero-order valence-electron chi connectivity index (χ0n) is 25.4. The highest BCUT2D eigenvalue weighted by molar-refractivity contribution is 5.86. The van der Waals surface area contributed by atoms with E-state index in [-0.39, 0.29) is 41.2 Å². The van der Waals surface area contributed by atoms with E-state index >= 15 is 0 Å². The van der Waals surface area contributed by atoms with Gasteiger partial charge in [-0.05, 0) is 84.7 Å². The molecule has 1 aliphatic carbocycles. The van der Waals surface area contributed by atoms with Gasteiger partial charge >= 0.3 is 6.09 Å². The molecule has 5 aliphatic rings. The Morgan fingerprint density at radius 3 is 2.35 bits per heavy atom. The van der Waals surface area contributed by atoms with Gasteiger partial charge in [-0.25, -0.2) is 4.79 Å². The normalized spacial score (nSPS) is 36.9. The maximum Gasteiger partial charge on any atom is 0.408 e. The molecule has 0 radical (unpaired) electrons. The number of carbonyl (C=O) groups is 2. The van der Waals surface area contributed by atoms with Gasteiger partial charge in [0.25, 0.3) is 0 Å². The summed E-state index contributed by atoms with van der Waals surface area (Å²) in [4.78, 5) is 31.3. The maximum absolute atomic E-state index is 13.5. The van der Waals surface area contributed by atoms with Gasteiger partial charge in [-0.2, -0.15) is 0 Å². The highest BCUT2D eigenvalue weighted by Gasteiger charge is 2.72. The molecule has 0 aromatic carbocycles. The second-order valence-electron chi connectivity index (χ2n) is 13.5. The van der Waals surface area contributed by atoms with Crippen molar-refractivity contribution < 1.29 is 28.5 Å². The van der Waals surface area contributed by atoms with Gasteiger partial charge in [0.05, 0.1) is 18.6 Å². The summed E-state index contributed by atoms with van der Waals surface area (Å²) in [5.74, 6) is -0.0964. The first-order valence-corrected chi connectivity index (χ1v) is 15.6. The van der Waals surface area contributed by atoms with Crippen LogP contribution in [0.4, 0.5) is 4.79 Å². The predicted octanol–water partition coefficient (Wildman–Crippen LogP) is 3.90. The molecule has 5 fully saturated rings. The van der Waals surface area contributed by atoms with Crippen LogP contribution in [0.25, 0.3) is 0 Å². The lowest BCUT2D eigenvalue weighted by Crippen LogP contribution is -2.58. The summed E-state index contributed by atoms with van der Waals surface area (Å²) in [6.07, 6.45) is 7.82. The van der Waals surface area contributed by atoms with Crippen LogP contribution < -0.4 is 5.32 Å². The summed E-state index contributed by atoms with van der Waals surface area (Å²) in [6.45, 7) is 14.8. The van der Waals surface area contributed by atoms with Gasteiger partial charge in [0.1, 0.15) is 29.5 Å². The zero-order valence-corrected chi connectivity index (χ0v) is 25.4. The topological polar surface area (TPSA) is 96.2 Å². The molecule has 0 aromatic rings. The van der Waals surface area contributed by atoms with Gasteiger partial charge in [-0.15, -0.1) is 0 Å². The lowest BCUT2D eigenvalue weighted by atomic mass is 9.68. The minimum atomic E-state index is -0.618. The Kier molecular flexibility index (Phi) is 8.87. The second kappa shape index (κ2) is 11.9. The number of epoxide rings is 2. The number of methoxy groups -OCH3 is 1. The molecular weight excluding hydrogens is 510 g/mol. The van der Waals surface area contributed by atoms with Crippen LogP contribution >= 0.6 is 0 Å². The van der Waals surface area contributed by atoms with E-state index in [2.05, 4.69) is 37.1 Å². The SMILES string of the molecule is CO[C@@H]1[C@H](OC(=O)N[C@@H](C(=O)N2CCC(N3CCCC3)CC2)C(C)C)CC[C@]2(CO2)[C@H]1[C@@]1(C)O[C@@H]1CC=C(C)C. The molecule has 7 atom stereocenters. The lowest BCUT2D eigenvalue weighted by Gasteiger charge is -2.43. The number of allylic oxidation sites excluding steroid dienone is 1. The molecule has 0 unspecified atom stereocenters. The van der Waals surface area contributed by atoms with Gasteiger partial charge in [-0.1, -0.05) is 25.5 Å². The molecule has 5 rings (SSSR count). The first kappa shape index (κ1) is 29.8. The Balaban J connectivity index is 1.19. The fourth-order valence-corrected chi connectivity index (χ4v) is 7.64. The molecule has 4 heterocycles. The third-order valence-electron chi connectivity index (χ3n) is 10.1. The average molecular weight is 562 g/mol. The first-order valence-electron chi connectivity index (χ1n) is 15.6. The molecular formula is C31H51N3O6. The summed E-state index contributed by atoms with van der Waals surface area (Å²) in [5, 5.41) is 2.93. The van der Waals surface area contributed by atoms with E-state index in [0.717, 1.165) is 38.8 Å². The fraction of sp³-hybridized carbons (Fsp3) is 0.871.